The lowest BCUT2D eigenvalue weighted by Gasteiger charge is -2.43. The monoisotopic (exact) mass is 267 g/mol. The molecule has 19 heavy (non-hydrogen) atoms. The van der Waals surface area contributed by atoms with E-state index in [0.29, 0.717) is 11.5 Å². The zero-order chi connectivity index (χ0) is 13.9. The van der Waals surface area contributed by atoms with Crippen LogP contribution >= 0.6 is 0 Å². The molecule has 0 aromatic rings. The van der Waals surface area contributed by atoms with Crippen molar-refractivity contribution < 1.29 is 0 Å². The third-order valence-electron chi connectivity index (χ3n) is 5.18. The molecule has 0 aromatic heterocycles. The van der Waals surface area contributed by atoms with Crippen LogP contribution in [-0.4, -0.2) is 61.2 Å². The summed E-state index contributed by atoms with van der Waals surface area (Å²) in [5, 5.41) is 3.67. The van der Waals surface area contributed by atoms with Crippen molar-refractivity contribution in [3.05, 3.63) is 0 Å². The molecule has 2 unspecified atom stereocenters. The maximum absolute atomic E-state index is 3.67. The molecule has 3 heteroatoms. The van der Waals surface area contributed by atoms with Gasteiger partial charge in [-0.3, -0.25) is 9.80 Å². The second-order valence-corrected chi connectivity index (χ2v) is 7.23. The first-order valence-corrected chi connectivity index (χ1v) is 8.22. The molecule has 0 aliphatic carbocycles. The molecule has 0 aromatic carbocycles. The van der Waals surface area contributed by atoms with Crippen molar-refractivity contribution >= 4 is 0 Å². The molecule has 0 spiro atoms. The molecule has 2 saturated heterocycles. The maximum Gasteiger partial charge on any atom is 0.0224 e. The largest absolute Gasteiger partial charge is 0.314 e. The van der Waals surface area contributed by atoms with Gasteiger partial charge in [0.15, 0.2) is 0 Å². The van der Waals surface area contributed by atoms with Gasteiger partial charge in [0.05, 0.1) is 0 Å². The highest BCUT2D eigenvalue weighted by molar-refractivity contribution is 4.90. The van der Waals surface area contributed by atoms with Gasteiger partial charge < -0.3 is 5.32 Å². The highest BCUT2D eigenvalue weighted by Gasteiger charge is 2.34. The average molecular weight is 267 g/mol. The molecule has 2 aliphatic heterocycles. The zero-order valence-electron chi connectivity index (χ0n) is 13.4. The number of hydrogen-bond donors (Lipinski definition) is 1. The Labute approximate surface area is 119 Å². The summed E-state index contributed by atoms with van der Waals surface area (Å²) in [5.74, 6) is 0. The number of hydrogen-bond acceptors (Lipinski definition) is 3. The van der Waals surface area contributed by atoms with Crippen LogP contribution in [0.4, 0.5) is 0 Å². The summed E-state index contributed by atoms with van der Waals surface area (Å²) in [7, 11) is 0. The highest BCUT2D eigenvalue weighted by Crippen LogP contribution is 2.26. The van der Waals surface area contributed by atoms with Crippen LogP contribution in [0.25, 0.3) is 0 Å². The zero-order valence-corrected chi connectivity index (χ0v) is 13.4. The van der Waals surface area contributed by atoms with Crippen LogP contribution < -0.4 is 5.32 Å². The molecular formula is C16H33N3. The molecule has 2 atom stereocenters. The summed E-state index contributed by atoms with van der Waals surface area (Å²) in [6, 6.07) is 1.44. The van der Waals surface area contributed by atoms with Crippen LogP contribution in [0.1, 0.15) is 47.0 Å². The topological polar surface area (TPSA) is 18.5 Å². The smallest absolute Gasteiger partial charge is 0.0224 e. The van der Waals surface area contributed by atoms with E-state index >= 15 is 0 Å². The number of nitrogens with one attached hydrogen (secondary N) is 1. The van der Waals surface area contributed by atoms with Crippen molar-refractivity contribution in [2.24, 2.45) is 5.41 Å². The molecule has 2 rings (SSSR count). The summed E-state index contributed by atoms with van der Waals surface area (Å²) in [6.07, 6.45) is 4.05. The van der Waals surface area contributed by atoms with Crippen LogP contribution in [0.15, 0.2) is 0 Å². The van der Waals surface area contributed by atoms with Gasteiger partial charge in [0.25, 0.3) is 0 Å². The molecular weight excluding hydrogens is 234 g/mol. The highest BCUT2D eigenvalue weighted by atomic mass is 15.3. The van der Waals surface area contributed by atoms with Crippen molar-refractivity contribution in [2.75, 3.05) is 39.3 Å². The second-order valence-electron chi connectivity index (χ2n) is 7.23. The minimum atomic E-state index is 0.357. The third-order valence-corrected chi connectivity index (χ3v) is 5.18. The summed E-state index contributed by atoms with van der Waals surface area (Å²) >= 11 is 0. The van der Waals surface area contributed by atoms with Crippen LogP contribution in [0, 0.1) is 5.41 Å². The third kappa shape index (κ3) is 3.93. The number of fused-ring (bicyclic) bond motifs is 1. The number of nitrogens with zero attached hydrogens (tertiary/aromatic N) is 2. The molecule has 0 saturated carbocycles. The Balaban J connectivity index is 1.82. The van der Waals surface area contributed by atoms with Gasteiger partial charge in [-0.25, -0.2) is 0 Å². The van der Waals surface area contributed by atoms with Gasteiger partial charge in [0, 0.05) is 38.3 Å². The normalized spacial score (nSPS) is 27.5. The Morgan fingerprint density at radius 3 is 2.79 bits per heavy atom. The van der Waals surface area contributed by atoms with E-state index in [4.69, 9.17) is 0 Å². The predicted octanol–water partition coefficient (Wildman–Crippen LogP) is 2.18. The quantitative estimate of drug-likeness (QED) is 0.796. The Morgan fingerprint density at radius 2 is 2.05 bits per heavy atom. The Bertz CT molecular complexity index is 277. The Hall–Kier alpha value is -0.120. The fraction of sp³-hybridized carbons (Fsp3) is 1.00. The van der Waals surface area contributed by atoms with Crippen LogP contribution in [0.3, 0.4) is 0 Å². The van der Waals surface area contributed by atoms with Gasteiger partial charge in [0.1, 0.15) is 0 Å². The lowest BCUT2D eigenvalue weighted by atomic mass is 9.84. The molecule has 112 valence electrons. The van der Waals surface area contributed by atoms with E-state index in [2.05, 4.69) is 42.8 Å². The molecule has 0 amide bonds. The summed E-state index contributed by atoms with van der Waals surface area (Å²) in [5.41, 5.74) is 0.357. The Kier molecular flexibility index (Phi) is 5.27. The van der Waals surface area contributed by atoms with Gasteiger partial charge in [-0.15, -0.1) is 0 Å². The van der Waals surface area contributed by atoms with Gasteiger partial charge in [-0.1, -0.05) is 20.8 Å². The van der Waals surface area contributed by atoms with Crippen LogP contribution in [0.2, 0.25) is 0 Å². The first kappa shape index (κ1) is 15.3. The van der Waals surface area contributed by atoms with E-state index < -0.39 is 0 Å². The fourth-order valence-electron chi connectivity index (χ4n) is 3.55. The molecule has 2 fully saturated rings. The van der Waals surface area contributed by atoms with Crippen molar-refractivity contribution in [3.8, 4) is 0 Å². The molecule has 2 heterocycles. The first-order valence-electron chi connectivity index (χ1n) is 8.22. The van der Waals surface area contributed by atoms with Crippen LogP contribution in [0.5, 0.6) is 0 Å². The lowest BCUT2D eigenvalue weighted by Crippen LogP contribution is -2.54. The van der Waals surface area contributed by atoms with E-state index in [1.165, 1.54) is 52.0 Å². The fourth-order valence-corrected chi connectivity index (χ4v) is 3.55. The van der Waals surface area contributed by atoms with E-state index in [0.717, 1.165) is 12.6 Å². The minimum absolute atomic E-state index is 0.357. The summed E-state index contributed by atoms with van der Waals surface area (Å²) < 4.78 is 0. The van der Waals surface area contributed by atoms with E-state index in [1.54, 1.807) is 0 Å². The van der Waals surface area contributed by atoms with Crippen molar-refractivity contribution in [3.63, 3.8) is 0 Å². The molecule has 2 aliphatic rings. The standard InChI is InChI=1S/C16H33N3/c1-5-8-17-14(2)16(3,4)13-18-10-11-19-9-6-7-15(19)12-18/h14-15,17H,5-13H2,1-4H3. The second kappa shape index (κ2) is 6.55. The van der Waals surface area contributed by atoms with Crippen molar-refractivity contribution in [1.29, 1.82) is 0 Å². The predicted molar refractivity (Wildman–Crippen MR) is 82.6 cm³/mol. The van der Waals surface area contributed by atoms with Gasteiger partial charge in [-0.2, -0.15) is 0 Å². The minimum Gasteiger partial charge on any atom is -0.314 e. The van der Waals surface area contributed by atoms with Gasteiger partial charge >= 0.3 is 0 Å². The number of rotatable bonds is 6. The average Bonchev–Trinajstić information content (AvgIpc) is 2.82. The summed E-state index contributed by atoms with van der Waals surface area (Å²) in [6.45, 7) is 17.0. The molecule has 3 nitrogen and oxygen atoms in total. The van der Waals surface area contributed by atoms with Crippen LogP contribution in [-0.2, 0) is 0 Å². The SMILES string of the molecule is CCCNC(C)C(C)(C)CN1CCN2CCCC2C1. The maximum atomic E-state index is 3.67. The van der Waals surface area contributed by atoms with Crippen molar-refractivity contribution in [1.82, 2.24) is 15.1 Å². The van der Waals surface area contributed by atoms with Crippen molar-refractivity contribution in [2.45, 2.75) is 59.0 Å². The lowest BCUT2D eigenvalue weighted by molar-refractivity contribution is 0.0637. The van der Waals surface area contributed by atoms with E-state index in [-0.39, 0.29) is 0 Å². The number of piperazine rings is 1. The molecule has 1 N–H and O–H groups in total. The first-order chi connectivity index (χ1) is 9.03. The Morgan fingerprint density at radius 1 is 1.26 bits per heavy atom. The molecule has 0 radical (unpaired) electrons. The summed E-state index contributed by atoms with van der Waals surface area (Å²) in [4.78, 5) is 5.40. The van der Waals surface area contributed by atoms with Gasteiger partial charge in [-0.05, 0) is 44.7 Å². The van der Waals surface area contributed by atoms with E-state index in [9.17, 15) is 0 Å². The molecule has 0 bridgehead atoms. The van der Waals surface area contributed by atoms with E-state index in [1.807, 2.05) is 0 Å². The van der Waals surface area contributed by atoms with Gasteiger partial charge in [0.2, 0.25) is 0 Å².